The second-order valence-corrected chi connectivity index (χ2v) is 8.24. The van der Waals surface area contributed by atoms with Crippen molar-refractivity contribution in [1.82, 2.24) is 39.7 Å². The molecular weight excluding hydrogens is 462 g/mol. The van der Waals surface area contributed by atoms with Gasteiger partial charge in [-0.1, -0.05) is 11.6 Å². The Kier molecular flexibility index (Phi) is 5.76. The Bertz CT molecular complexity index is 1340. The van der Waals surface area contributed by atoms with Crippen molar-refractivity contribution >= 4 is 46.8 Å². The number of halogens is 1. The average Bonchev–Trinajstić information content (AvgIpc) is 3.60. The van der Waals surface area contributed by atoms with Crippen LogP contribution in [0.5, 0.6) is 0 Å². The van der Waals surface area contributed by atoms with E-state index in [2.05, 4.69) is 35.9 Å². The average molecular weight is 484 g/mol. The van der Waals surface area contributed by atoms with Crippen LogP contribution < -0.4 is 21.3 Å². The molecular formula is C20H22ClN11O2. The third-order valence-corrected chi connectivity index (χ3v) is 5.71. The Morgan fingerprint density at radius 2 is 2.21 bits per heavy atom. The first kappa shape index (κ1) is 21.7. The van der Waals surface area contributed by atoms with Crippen LogP contribution in [0.25, 0.3) is 5.65 Å². The van der Waals surface area contributed by atoms with Gasteiger partial charge in [-0.2, -0.15) is 20.2 Å². The van der Waals surface area contributed by atoms with E-state index < -0.39 is 11.9 Å². The highest BCUT2D eigenvalue weighted by Crippen LogP contribution is 2.26. The van der Waals surface area contributed by atoms with Gasteiger partial charge < -0.3 is 21.3 Å². The molecule has 0 bridgehead atoms. The van der Waals surface area contributed by atoms with Crippen LogP contribution in [0, 0.1) is 0 Å². The summed E-state index contributed by atoms with van der Waals surface area (Å²) in [5.41, 5.74) is 6.12. The summed E-state index contributed by atoms with van der Waals surface area (Å²) in [7, 11) is 0. The quantitative estimate of drug-likeness (QED) is 0.287. The number of H-pyrrole nitrogens is 1. The summed E-state index contributed by atoms with van der Waals surface area (Å²) in [6.45, 7) is 1.59. The highest BCUT2D eigenvalue weighted by molar-refractivity contribution is 6.30. The first-order valence-electron chi connectivity index (χ1n) is 10.7. The van der Waals surface area contributed by atoms with Crippen LogP contribution in [-0.2, 0) is 11.3 Å². The van der Waals surface area contributed by atoms with Crippen LogP contribution in [0.4, 0.5) is 17.7 Å². The summed E-state index contributed by atoms with van der Waals surface area (Å²) in [6, 6.07) is 4.79. The van der Waals surface area contributed by atoms with E-state index in [0.717, 1.165) is 6.42 Å². The normalized spacial score (nSPS) is 15.7. The van der Waals surface area contributed by atoms with Crippen molar-refractivity contribution in [3.05, 3.63) is 47.5 Å². The smallest absolute Gasteiger partial charge is 0.266 e. The molecule has 0 radical (unpaired) electrons. The van der Waals surface area contributed by atoms with Crippen molar-refractivity contribution in [3.8, 4) is 0 Å². The zero-order valence-electron chi connectivity index (χ0n) is 18.0. The molecule has 1 aliphatic rings. The molecule has 5 N–H and O–H groups in total. The summed E-state index contributed by atoms with van der Waals surface area (Å²) >= 11 is 5.88. The third kappa shape index (κ3) is 4.37. The fourth-order valence-corrected chi connectivity index (χ4v) is 4.07. The van der Waals surface area contributed by atoms with Gasteiger partial charge in [0.05, 0.1) is 17.8 Å². The van der Waals surface area contributed by atoms with E-state index in [4.69, 9.17) is 17.3 Å². The molecule has 1 fully saturated rings. The van der Waals surface area contributed by atoms with Gasteiger partial charge >= 0.3 is 0 Å². The molecule has 4 aromatic heterocycles. The lowest BCUT2D eigenvalue weighted by Gasteiger charge is -2.24. The number of amides is 2. The van der Waals surface area contributed by atoms with Crippen molar-refractivity contribution in [3.63, 3.8) is 0 Å². The van der Waals surface area contributed by atoms with Gasteiger partial charge in [0, 0.05) is 31.5 Å². The van der Waals surface area contributed by atoms with Gasteiger partial charge in [0.15, 0.2) is 5.82 Å². The summed E-state index contributed by atoms with van der Waals surface area (Å²) in [6.07, 6.45) is 6.60. The molecule has 1 saturated heterocycles. The highest BCUT2D eigenvalue weighted by Gasteiger charge is 2.33. The minimum atomic E-state index is -0.614. The van der Waals surface area contributed by atoms with E-state index in [1.54, 1.807) is 27.7 Å². The Hall–Kier alpha value is -4.13. The maximum absolute atomic E-state index is 12.9. The number of nitrogens with two attached hydrogens (primary N) is 1. The maximum Gasteiger partial charge on any atom is 0.266 e. The van der Waals surface area contributed by atoms with E-state index in [1.165, 1.54) is 6.07 Å². The number of nitrogens with one attached hydrogen (secondary N) is 3. The third-order valence-electron chi connectivity index (χ3n) is 5.51. The minimum absolute atomic E-state index is 0.0949. The lowest BCUT2D eigenvalue weighted by atomic mass is 10.2. The van der Waals surface area contributed by atoms with E-state index in [1.807, 2.05) is 17.0 Å². The Morgan fingerprint density at radius 1 is 1.32 bits per heavy atom. The number of anilines is 3. The van der Waals surface area contributed by atoms with Crippen molar-refractivity contribution in [2.45, 2.75) is 25.4 Å². The lowest BCUT2D eigenvalue weighted by molar-refractivity contribution is -0.122. The number of aromatic amines is 1. The topological polar surface area (TPSA) is 164 Å². The Morgan fingerprint density at radius 3 is 2.97 bits per heavy atom. The lowest BCUT2D eigenvalue weighted by Crippen LogP contribution is -2.45. The first-order valence-corrected chi connectivity index (χ1v) is 11.1. The van der Waals surface area contributed by atoms with E-state index >= 15 is 0 Å². The number of hydrogen-bond acceptors (Lipinski definition) is 8. The largest absolute Gasteiger partial charge is 0.364 e. The molecule has 5 rings (SSSR count). The standard InChI is InChI=1S/C20H22ClN11O2/c21-12-10-24-30(11-12)8-5-23-18(34)14-3-1-6-31(14)20-26-16-4-2-7-32(16)19(27-20)25-15-9-13(17(22)33)28-29-15/h2,4,7,9-11,14H,1,3,5-6,8H2,(H2,22,33)(H,23,34)(H2,25,26,27,28,29). The molecule has 0 aliphatic carbocycles. The summed E-state index contributed by atoms with van der Waals surface area (Å²) in [5.74, 6) is 0.534. The van der Waals surface area contributed by atoms with Crippen LogP contribution in [-0.4, -0.2) is 65.3 Å². The fourth-order valence-electron chi connectivity index (χ4n) is 3.91. The number of carbonyl (C=O) groups excluding carboxylic acids is 2. The van der Waals surface area contributed by atoms with Crippen LogP contribution in [0.2, 0.25) is 5.02 Å². The summed E-state index contributed by atoms with van der Waals surface area (Å²) in [5, 5.41) is 17.3. The number of aromatic nitrogens is 7. The molecule has 2 amide bonds. The number of fused-ring (bicyclic) bond motifs is 1. The molecule has 34 heavy (non-hydrogen) atoms. The van der Waals surface area contributed by atoms with Crippen LogP contribution in [0.15, 0.2) is 36.8 Å². The summed E-state index contributed by atoms with van der Waals surface area (Å²) in [4.78, 5) is 35.5. The minimum Gasteiger partial charge on any atom is -0.364 e. The molecule has 1 unspecified atom stereocenters. The fraction of sp³-hybridized carbons (Fsp3) is 0.300. The number of hydrogen-bond donors (Lipinski definition) is 4. The van der Waals surface area contributed by atoms with Crippen molar-refractivity contribution in [2.24, 2.45) is 5.73 Å². The molecule has 1 atom stereocenters. The van der Waals surface area contributed by atoms with Crippen LogP contribution >= 0.6 is 11.6 Å². The number of carbonyl (C=O) groups is 2. The van der Waals surface area contributed by atoms with Crippen molar-refractivity contribution < 1.29 is 9.59 Å². The van der Waals surface area contributed by atoms with E-state index in [9.17, 15) is 9.59 Å². The molecule has 1 aliphatic heterocycles. The predicted molar refractivity (Wildman–Crippen MR) is 124 cm³/mol. The summed E-state index contributed by atoms with van der Waals surface area (Å²) < 4.78 is 3.43. The molecule has 4 aromatic rings. The maximum atomic E-state index is 12.9. The molecule has 0 aromatic carbocycles. The molecule has 176 valence electrons. The van der Waals surface area contributed by atoms with Gasteiger partial charge in [-0.15, -0.1) is 0 Å². The van der Waals surface area contributed by atoms with Gasteiger partial charge in [-0.05, 0) is 25.0 Å². The zero-order valence-corrected chi connectivity index (χ0v) is 18.7. The van der Waals surface area contributed by atoms with Gasteiger partial charge in [0.2, 0.25) is 17.8 Å². The second-order valence-electron chi connectivity index (χ2n) is 7.80. The van der Waals surface area contributed by atoms with Gasteiger partial charge in [0.25, 0.3) is 5.91 Å². The molecule has 0 spiro atoms. The highest BCUT2D eigenvalue weighted by atomic mass is 35.5. The van der Waals surface area contributed by atoms with E-state index in [-0.39, 0.29) is 11.6 Å². The van der Waals surface area contributed by atoms with Crippen LogP contribution in [0.1, 0.15) is 23.3 Å². The molecule has 0 saturated carbocycles. The number of rotatable bonds is 8. The zero-order chi connectivity index (χ0) is 23.7. The second kappa shape index (κ2) is 9.02. The number of primary amides is 1. The van der Waals surface area contributed by atoms with E-state index in [0.29, 0.717) is 54.4 Å². The van der Waals surface area contributed by atoms with Gasteiger partial charge in [-0.25, -0.2) is 0 Å². The SMILES string of the molecule is NC(=O)c1cc(Nc2nc(N3CCCC3C(=O)NCCn3cc(Cl)cn3)nc3cccn23)n[nH]1. The Labute approximate surface area is 198 Å². The number of nitrogens with zero attached hydrogens (tertiary/aromatic N) is 7. The molecule has 13 nitrogen and oxygen atoms in total. The monoisotopic (exact) mass is 483 g/mol. The van der Waals surface area contributed by atoms with Gasteiger partial charge in [0.1, 0.15) is 17.4 Å². The van der Waals surface area contributed by atoms with Crippen molar-refractivity contribution in [1.29, 1.82) is 0 Å². The molecule has 14 heteroatoms. The molecule has 5 heterocycles. The Balaban J connectivity index is 1.33. The first-order chi connectivity index (χ1) is 16.5. The van der Waals surface area contributed by atoms with Gasteiger partial charge in [-0.3, -0.25) is 23.8 Å². The van der Waals surface area contributed by atoms with Crippen molar-refractivity contribution in [2.75, 3.05) is 23.3 Å². The van der Waals surface area contributed by atoms with Crippen LogP contribution in [0.3, 0.4) is 0 Å². The predicted octanol–water partition coefficient (Wildman–Crippen LogP) is 0.930.